The predicted octanol–water partition coefficient (Wildman–Crippen LogP) is 3.84. The number of rotatable bonds is 5. The highest BCUT2D eigenvalue weighted by molar-refractivity contribution is 7.99. The van der Waals surface area contributed by atoms with Gasteiger partial charge in [-0.3, -0.25) is 4.79 Å². The number of hydrogen-bond acceptors (Lipinski definition) is 3. The van der Waals surface area contributed by atoms with Gasteiger partial charge in [0.15, 0.2) is 5.16 Å². The predicted molar refractivity (Wildman–Crippen MR) is 95.7 cm³/mol. The number of fused-ring (bicyclic) bond motifs is 1. The van der Waals surface area contributed by atoms with E-state index in [0.29, 0.717) is 11.8 Å². The first-order chi connectivity index (χ1) is 11.2. The molecule has 0 bridgehead atoms. The van der Waals surface area contributed by atoms with E-state index < -0.39 is 0 Å². The topological polar surface area (TPSA) is 46.9 Å². The van der Waals surface area contributed by atoms with Gasteiger partial charge in [-0.25, -0.2) is 4.98 Å². The van der Waals surface area contributed by atoms with E-state index in [0.717, 1.165) is 41.5 Å². The number of nitrogens with zero attached hydrogens (tertiary/aromatic N) is 2. The van der Waals surface area contributed by atoms with E-state index in [1.54, 1.807) is 0 Å². The quantitative estimate of drug-likeness (QED) is 0.847. The molecule has 5 heteroatoms. The van der Waals surface area contributed by atoms with Gasteiger partial charge < -0.3 is 9.88 Å². The average molecular weight is 331 g/mol. The Kier molecular flexibility index (Phi) is 5.26. The maximum atomic E-state index is 12.2. The van der Waals surface area contributed by atoms with Crippen LogP contribution < -0.4 is 5.32 Å². The molecule has 1 saturated carbocycles. The van der Waals surface area contributed by atoms with Crippen molar-refractivity contribution in [3.8, 4) is 0 Å². The molecule has 4 nitrogen and oxygen atoms in total. The van der Waals surface area contributed by atoms with Gasteiger partial charge in [-0.15, -0.1) is 0 Å². The van der Waals surface area contributed by atoms with E-state index in [9.17, 15) is 4.79 Å². The number of carbonyl (C=O) groups is 1. The Balaban J connectivity index is 1.58. The number of carbonyl (C=O) groups excluding carboxylic acids is 1. The summed E-state index contributed by atoms with van der Waals surface area (Å²) in [5, 5.41) is 4.12. The van der Waals surface area contributed by atoms with Gasteiger partial charge in [-0.1, -0.05) is 30.8 Å². The maximum Gasteiger partial charge on any atom is 0.230 e. The third-order valence-electron chi connectivity index (χ3n) is 4.65. The normalized spacial score (nSPS) is 21.5. The zero-order valence-corrected chi connectivity index (χ0v) is 14.7. The van der Waals surface area contributed by atoms with Crippen molar-refractivity contribution in [2.24, 2.45) is 5.92 Å². The molecule has 0 saturated heterocycles. The molecule has 1 aliphatic carbocycles. The fraction of sp³-hybridized carbons (Fsp3) is 0.556. The van der Waals surface area contributed by atoms with Crippen molar-refractivity contribution in [2.45, 2.75) is 57.3 Å². The summed E-state index contributed by atoms with van der Waals surface area (Å²) in [6, 6.07) is 8.50. The molecular formula is C18H25N3OS. The first-order valence-corrected chi connectivity index (χ1v) is 9.53. The molecule has 1 aromatic heterocycles. The minimum atomic E-state index is 0.129. The minimum Gasteiger partial charge on any atom is -0.353 e. The molecule has 0 unspecified atom stereocenters. The summed E-state index contributed by atoms with van der Waals surface area (Å²) in [5.41, 5.74) is 2.14. The second-order valence-electron chi connectivity index (χ2n) is 6.44. The summed E-state index contributed by atoms with van der Waals surface area (Å²) in [6.45, 7) is 5.27. The summed E-state index contributed by atoms with van der Waals surface area (Å²) in [6.07, 6.45) is 4.68. The van der Waals surface area contributed by atoms with Crippen LogP contribution in [0.25, 0.3) is 11.0 Å². The lowest BCUT2D eigenvalue weighted by Gasteiger charge is -2.26. The summed E-state index contributed by atoms with van der Waals surface area (Å²) in [4.78, 5) is 16.9. The number of benzene rings is 1. The number of nitrogens with one attached hydrogen (secondary N) is 1. The average Bonchev–Trinajstić information content (AvgIpc) is 2.92. The van der Waals surface area contributed by atoms with Crippen LogP contribution in [0.15, 0.2) is 29.4 Å². The van der Waals surface area contributed by atoms with Crippen LogP contribution >= 0.6 is 11.8 Å². The summed E-state index contributed by atoms with van der Waals surface area (Å²) in [5.74, 6) is 1.38. The highest BCUT2D eigenvalue weighted by Gasteiger charge is 2.20. The van der Waals surface area contributed by atoms with E-state index in [1.807, 2.05) is 18.2 Å². The van der Waals surface area contributed by atoms with Crippen molar-refractivity contribution in [1.82, 2.24) is 14.9 Å². The molecule has 1 aromatic carbocycles. The molecule has 0 spiro atoms. The van der Waals surface area contributed by atoms with Crippen LogP contribution in [0.2, 0.25) is 0 Å². The van der Waals surface area contributed by atoms with Crippen molar-refractivity contribution < 1.29 is 4.79 Å². The molecule has 23 heavy (non-hydrogen) atoms. The van der Waals surface area contributed by atoms with Crippen molar-refractivity contribution in [3.05, 3.63) is 24.3 Å². The number of aryl methyl sites for hydroxylation is 1. The second-order valence-corrected chi connectivity index (χ2v) is 7.38. The van der Waals surface area contributed by atoms with E-state index in [2.05, 4.69) is 34.8 Å². The van der Waals surface area contributed by atoms with Crippen LogP contribution in [0.5, 0.6) is 0 Å². The molecule has 0 atom stereocenters. The molecule has 1 amide bonds. The lowest BCUT2D eigenvalue weighted by Crippen LogP contribution is -2.38. The van der Waals surface area contributed by atoms with Crippen molar-refractivity contribution in [1.29, 1.82) is 0 Å². The molecule has 1 N–H and O–H groups in total. The summed E-state index contributed by atoms with van der Waals surface area (Å²) < 4.78 is 2.18. The van der Waals surface area contributed by atoms with Crippen molar-refractivity contribution >= 4 is 28.7 Å². The van der Waals surface area contributed by atoms with Crippen LogP contribution in [-0.2, 0) is 11.3 Å². The number of thioether (sulfide) groups is 1. The third-order valence-corrected chi connectivity index (χ3v) is 5.63. The van der Waals surface area contributed by atoms with Gasteiger partial charge in [-0.2, -0.15) is 0 Å². The molecule has 0 aliphatic heterocycles. The van der Waals surface area contributed by atoms with Gasteiger partial charge >= 0.3 is 0 Å². The van der Waals surface area contributed by atoms with E-state index in [1.165, 1.54) is 24.6 Å². The molecule has 0 radical (unpaired) electrons. The molecule has 1 fully saturated rings. The highest BCUT2D eigenvalue weighted by atomic mass is 32.2. The first-order valence-electron chi connectivity index (χ1n) is 8.54. The SMILES string of the molecule is CCn1c(SCC(=O)NC2CCC(C)CC2)nc2ccccc21. The zero-order chi connectivity index (χ0) is 16.2. The second kappa shape index (κ2) is 7.39. The minimum absolute atomic E-state index is 0.129. The van der Waals surface area contributed by atoms with Crippen molar-refractivity contribution in [3.63, 3.8) is 0 Å². The zero-order valence-electron chi connectivity index (χ0n) is 13.9. The van der Waals surface area contributed by atoms with E-state index >= 15 is 0 Å². The summed E-state index contributed by atoms with van der Waals surface area (Å²) in [7, 11) is 0. The number of amides is 1. The van der Waals surface area contributed by atoms with Gasteiger partial charge in [0.25, 0.3) is 0 Å². The van der Waals surface area contributed by atoms with Gasteiger partial charge in [0.2, 0.25) is 5.91 Å². The lowest BCUT2D eigenvalue weighted by molar-refractivity contribution is -0.119. The fourth-order valence-electron chi connectivity index (χ4n) is 3.27. The lowest BCUT2D eigenvalue weighted by atomic mass is 9.87. The Morgan fingerprint density at radius 1 is 1.30 bits per heavy atom. The molecular weight excluding hydrogens is 306 g/mol. The Hall–Kier alpha value is -1.49. The fourth-order valence-corrected chi connectivity index (χ4v) is 4.16. The summed E-state index contributed by atoms with van der Waals surface area (Å²) >= 11 is 1.53. The van der Waals surface area contributed by atoms with Crippen LogP contribution in [0.3, 0.4) is 0 Å². The standard InChI is InChI=1S/C18H25N3OS/c1-3-21-16-7-5-4-6-15(16)20-18(21)23-12-17(22)19-14-10-8-13(2)9-11-14/h4-7,13-14H,3,8-12H2,1-2H3,(H,19,22). The van der Waals surface area contributed by atoms with Crippen LogP contribution in [-0.4, -0.2) is 27.3 Å². The third kappa shape index (κ3) is 3.89. The van der Waals surface area contributed by atoms with E-state index in [-0.39, 0.29) is 5.91 Å². The van der Waals surface area contributed by atoms with Crippen molar-refractivity contribution in [2.75, 3.05) is 5.75 Å². The molecule has 2 aromatic rings. The van der Waals surface area contributed by atoms with Crippen LogP contribution in [0, 0.1) is 5.92 Å². The van der Waals surface area contributed by atoms with Crippen LogP contribution in [0.4, 0.5) is 0 Å². The Morgan fingerprint density at radius 2 is 2.04 bits per heavy atom. The molecule has 1 aliphatic rings. The van der Waals surface area contributed by atoms with Gasteiger partial charge in [0.1, 0.15) is 0 Å². The van der Waals surface area contributed by atoms with E-state index in [4.69, 9.17) is 0 Å². The molecule has 3 rings (SSSR count). The van der Waals surface area contributed by atoms with Crippen LogP contribution in [0.1, 0.15) is 39.5 Å². The first kappa shape index (κ1) is 16.4. The van der Waals surface area contributed by atoms with Gasteiger partial charge in [-0.05, 0) is 50.7 Å². The Labute approximate surface area is 142 Å². The largest absolute Gasteiger partial charge is 0.353 e. The smallest absolute Gasteiger partial charge is 0.230 e. The maximum absolute atomic E-state index is 12.2. The monoisotopic (exact) mass is 331 g/mol. The van der Waals surface area contributed by atoms with Gasteiger partial charge in [0, 0.05) is 12.6 Å². The Bertz CT molecular complexity index is 674. The molecule has 1 heterocycles. The Morgan fingerprint density at radius 3 is 2.78 bits per heavy atom. The van der Waals surface area contributed by atoms with Gasteiger partial charge in [0.05, 0.1) is 16.8 Å². The number of hydrogen-bond donors (Lipinski definition) is 1. The highest BCUT2D eigenvalue weighted by Crippen LogP contribution is 2.25. The number of para-hydroxylation sites is 2. The number of aromatic nitrogens is 2. The number of imidazole rings is 1. The molecule has 124 valence electrons.